The Hall–Kier alpha value is -2.63. The van der Waals surface area contributed by atoms with Gasteiger partial charge in [0.15, 0.2) is 5.43 Å². The Morgan fingerprint density at radius 1 is 1.14 bits per heavy atom. The Morgan fingerprint density at radius 3 is 2.66 bits per heavy atom. The second kappa shape index (κ2) is 7.65. The molecule has 150 valence electrons. The zero-order valence-electron chi connectivity index (χ0n) is 16.7. The number of halogens is 1. The van der Waals surface area contributed by atoms with Gasteiger partial charge in [-0.25, -0.2) is 0 Å². The Balaban J connectivity index is 1.89. The maximum Gasteiger partial charge on any atom is 0.290 e. The van der Waals surface area contributed by atoms with E-state index in [0.717, 1.165) is 24.1 Å². The van der Waals surface area contributed by atoms with Gasteiger partial charge in [0.1, 0.15) is 5.58 Å². The highest BCUT2D eigenvalue weighted by Gasteiger charge is 2.42. The fraction of sp³-hybridized carbons (Fsp3) is 0.304. The van der Waals surface area contributed by atoms with Gasteiger partial charge in [0.25, 0.3) is 5.91 Å². The molecule has 29 heavy (non-hydrogen) atoms. The third-order valence-corrected chi connectivity index (χ3v) is 5.53. The number of hydrogen-bond donors (Lipinski definition) is 0. The van der Waals surface area contributed by atoms with Gasteiger partial charge in [0, 0.05) is 11.6 Å². The molecule has 1 atom stereocenters. The predicted molar refractivity (Wildman–Crippen MR) is 115 cm³/mol. The van der Waals surface area contributed by atoms with Crippen molar-refractivity contribution in [2.75, 3.05) is 27.2 Å². The van der Waals surface area contributed by atoms with Gasteiger partial charge in [0.05, 0.1) is 17.0 Å². The van der Waals surface area contributed by atoms with Crippen molar-refractivity contribution in [1.82, 2.24) is 9.80 Å². The molecule has 3 aromatic rings. The minimum Gasteiger partial charge on any atom is -0.450 e. The monoisotopic (exact) mass is 410 g/mol. The first-order valence-electron chi connectivity index (χ1n) is 9.65. The summed E-state index contributed by atoms with van der Waals surface area (Å²) in [5.74, 6) is -0.107. The average molecular weight is 411 g/mol. The van der Waals surface area contributed by atoms with E-state index in [0.29, 0.717) is 28.1 Å². The molecule has 0 saturated heterocycles. The van der Waals surface area contributed by atoms with Gasteiger partial charge >= 0.3 is 0 Å². The van der Waals surface area contributed by atoms with Gasteiger partial charge in [-0.15, -0.1) is 0 Å². The van der Waals surface area contributed by atoms with Gasteiger partial charge in [-0.3, -0.25) is 9.59 Å². The van der Waals surface area contributed by atoms with Gasteiger partial charge in [-0.2, -0.15) is 0 Å². The van der Waals surface area contributed by atoms with Crippen LogP contribution in [0.2, 0.25) is 5.02 Å². The predicted octanol–water partition coefficient (Wildman–Crippen LogP) is 4.25. The summed E-state index contributed by atoms with van der Waals surface area (Å²) in [4.78, 5) is 30.5. The number of fused-ring (bicyclic) bond motifs is 2. The Bertz CT molecular complexity index is 1150. The summed E-state index contributed by atoms with van der Waals surface area (Å²) in [6.45, 7) is 3.29. The van der Waals surface area contributed by atoms with E-state index in [1.807, 2.05) is 51.4 Å². The molecular weight excluding hydrogens is 388 g/mol. The highest BCUT2D eigenvalue weighted by atomic mass is 35.5. The summed E-state index contributed by atoms with van der Waals surface area (Å²) >= 11 is 6.22. The molecular formula is C23H23ClN2O3. The van der Waals surface area contributed by atoms with Crippen molar-refractivity contribution in [3.05, 3.63) is 80.2 Å². The molecule has 1 aliphatic rings. The molecule has 5 nitrogen and oxygen atoms in total. The van der Waals surface area contributed by atoms with Crippen LogP contribution in [0.5, 0.6) is 0 Å². The number of nitrogens with zero attached hydrogens (tertiary/aromatic N) is 2. The number of rotatable bonds is 5. The topological polar surface area (TPSA) is 53.8 Å². The van der Waals surface area contributed by atoms with Crippen molar-refractivity contribution in [1.29, 1.82) is 0 Å². The van der Waals surface area contributed by atoms with Crippen LogP contribution in [0.15, 0.2) is 51.7 Å². The van der Waals surface area contributed by atoms with Crippen LogP contribution in [0.25, 0.3) is 11.0 Å². The third-order valence-electron chi connectivity index (χ3n) is 5.29. The average Bonchev–Trinajstić information content (AvgIpc) is 2.95. The van der Waals surface area contributed by atoms with E-state index >= 15 is 0 Å². The van der Waals surface area contributed by atoms with Crippen molar-refractivity contribution in [2.45, 2.75) is 19.4 Å². The fourth-order valence-electron chi connectivity index (χ4n) is 3.95. The van der Waals surface area contributed by atoms with Crippen molar-refractivity contribution in [3.63, 3.8) is 0 Å². The molecule has 6 heteroatoms. The normalized spacial score (nSPS) is 16.1. The number of amides is 1. The molecule has 0 aliphatic carbocycles. The molecule has 2 aromatic carbocycles. The van der Waals surface area contributed by atoms with E-state index in [4.69, 9.17) is 16.0 Å². The first-order chi connectivity index (χ1) is 13.9. The minimum absolute atomic E-state index is 0.140. The molecule has 1 aromatic heterocycles. The van der Waals surface area contributed by atoms with Gasteiger partial charge in [-0.05, 0) is 63.8 Å². The Kier molecular flexibility index (Phi) is 5.19. The van der Waals surface area contributed by atoms with E-state index in [9.17, 15) is 9.59 Å². The molecule has 4 rings (SSSR count). The summed E-state index contributed by atoms with van der Waals surface area (Å²) in [5, 5.41) is 1.07. The maximum absolute atomic E-state index is 13.4. The molecule has 0 N–H and O–H groups in total. The third kappa shape index (κ3) is 3.56. The van der Waals surface area contributed by atoms with Crippen LogP contribution in [-0.4, -0.2) is 42.9 Å². The lowest BCUT2D eigenvalue weighted by atomic mass is 9.98. The Labute approximate surface area is 174 Å². The van der Waals surface area contributed by atoms with E-state index in [1.54, 1.807) is 17.0 Å². The lowest BCUT2D eigenvalue weighted by molar-refractivity contribution is 0.0722. The SMILES string of the molecule is Cc1ccc2oc3c(c(=O)c2c1)C(c1cccc(Cl)c1)N(CCCN(C)C)C3=O. The first kappa shape index (κ1) is 19.7. The number of carbonyl (C=O) groups excluding carboxylic acids is 1. The lowest BCUT2D eigenvalue weighted by Crippen LogP contribution is -2.32. The minimum atomic E-state index is -0.500. The van der Waals surface area contributed by atoms with Crippen LogP contribution in [0, 0.1) is 6.92 Å². The van der Waals surface area contributed by atoms with E-state index in [2.05, 4.69) is 4.90 Å². The highest BCUT2D eigenvalue weighted by Crippen LogP contribution is 2.38. The molecule has 0 saturated carbocycles. The number of hydrogen-bond acceptors (Lipinski definition) is 4. The second-order valence-corrected chi connectivity index (χ2v) is 8.22. The number of benzene rings is 2. The fourth-order valence-corrected chi connectivity index (χ4v) is 4.14. The van der Waals surface area contributed by atoms with Crippen LogP contribution in [-0.2, 0) is 0 Å². The summed E-state index contributed by atoms with van der Waals surface area (Å²) in [5.41, 5.74) is 2.47. The molecule has 0 spiro atoms. The van der Waals surface area contributed by atoms with Crippen LogP contribution in [0.1, 0.15) is 39.7 Å². The molecule has 1 amide bonds. The van der Waals surface area contributed by atoms with Crippen LogP contribution >= 0.6 is 11.6 Å². The standard InChI is InChI=1S/C23H23ClN2O3/c1-14-8-9-18-17(12-14)21(27)19-20(15-6-4-7-16(24)13-15)26(11-5-10-25(2)3)23(28)22(19)29-18/h4,6-9,12-13,20H,5,10-11H2,1-3H3. The molecule has 2 heterocycles. The van der Waals surface area contributed by atoms with Crippen LogP contribution < -0.4 is 5.43 Å². The van der Waals surface area contributed by atoms with E-state index in [1.165, 1.54) is 0 Å². The van der Waals surface area contributed by atoms with Gasteiger partial charge in [0.2, 0.25) is 5.76 Å². The molecule has 1 unspecified atom stereocenters. The Morgan fingerprint density at radius 2 is 1.93 bits per heavy atom. The zero-order chi connectivity index (χ0) is 20.7. The van der Waals surface area contributed by atoms with Crippen molar-refractivity contribution >= 4 is 28.5 Å². The summed E-state index contributed by atoms with van der Waals surface area (Å²) in [6, 6.07) is 12.3. The van der Waals surface area contributed by atoms with Gasteiger partial charge in [-0.1, -0.05) is 35.4 Å². The summed E-state index contributed by atoms with van der Waals surface area (Å²) in [7, 11) is 3.99. The largest absolute Gasteiger partial charge is 0.450 e. The number of carbonyl (C=O) groups is 1. The van der Waals surface area contributed by atoms with Crippen LogP contribution in [0.4, 0.5) is 0 Å². The van der Waals surface area contributed by atoms with Crippen molar-refractivity contribution in [3.8, 4) is 0 Å². The summed E-state index contributed by atoms with van der Waals surface area (Å²) in [6.07, 6.45) is 0.788. The smallest absolute Gasteiger partial charge is 0.290 e. The van der Waals surface area contributed by atoms with E-state index < -0.39 is 6.04 Å². The quantitative estimate of drug-likeness (QED) is 0.631. The highest BCUT2D eigenvalue weighted by molar-refractivity contribution is 6.30. The molecule has 0 bridgehead atoms. The van der Waals surface area contributed by atoms with Crippen molar-refractivity contribution in [2.24, 2.45) is 0 Å². The molecule has 1 aliphatic heterocycles. The first-order valence-corrected chi connectivity index (χ1v) is 10.0. The molecule has 0 fully saturated rings. The summed E-state index contributed by atoms with van der Waals surface area (Å²) < 4.78 is 5.96. The van der Waals surface area contributed by atoms with Crippen LogP contribution in [0.3, 0.4) is 0 Å². The lowest BCUT2D eigenvalue weighted by Gasteiger charge is -2.25. The van der Waals surface area contributed by atoms with E-state index in [-0.39, 0.29) is 17.1 Å². The zero-order valence-corrected chi connectivity index (χ0v) is 17.5. The number of aryl methyl sites for hydroxylation is 1. The molecule has 0 radical (unpaired) electrons. The van der Waals surface area contributed by atoms with Gasteiger partial charge < -0.3 is 14.2 Å². The second-order valence-electron chi connectivity index (χ2n) is 7.79. The van der Waals surface area contributed by atoms with Crippen molar-refractivity contribution < 1.29 is 9.21 Å². The maximum atomic E-state index is 13.4.